The molecule has 0 bridgehead atoms. The highest BCUT2D eigenvalue weighted by molar-refractivity contribution is 6.47. The number of carbonyl (C=O) groups is 4. The SMILES string of the molecule is CC(C)c1cccc(C(C)C)c1N1C(=O)c2ccc3c(-c4ccccc4)c4c5ccc6c7c(ccc(c(-c8ccccc8)c4c4ccc(c2c34)C1=O)c75)C(=O)N(c1c(C(C)C)cccc1C(C)C)C6=O. The first-order chi connectivity index (χ1) is 33.8. The highest BCUT2D eigenvalue weighted by Crippen LogP contribution is 2.54. The molecule has 0 spiro atoms. The van der Waals surface area contributed by atoms with Crippen LogP contribution in [0, 0.1) is 0 Å². The first-order valence-electron chi connectivity index (χ1n) is 24.6. The Bertz CT molecular complexity index is 3570. The standard InChI is InChI=1S/C64H52N2O4/c1-33(2)39-21-15-22-40(34(3)4)59(39)65-61(67)47-29-25-43-51(37-17-11-9-12-18-37)58-46-28-32-50-56-48(62(68)66(64(50)70)60-41(35(5)6)23-16-24-42(60)36(7)8)30-26-44(54(46)56)52(38-19-13-10-14-20-38)57(58)45-27-31-49(63(65)69)55(47)53(43)45/h9-36H,1-8H3. The van der Waals surface area contributed by atoms with Crippen molar-refractivity contribution in [3.05, 3.63) is 190 Å². The van der Waals surface area contributed by atoms with Gasteiger partial charge in [-0.05, 0) is 136 Å². The average Bonchev–Trinajstić information content (AvgIpc) is 3.36. The maximum atomic E-state index is 15.3. The van der Waals surface area contributed by atoms with E-state index in [0.717, 1.165) is 87.6 Å². The third-order valence-corrected chi connectivity index (χ3v) is 15.1. The quantitative estimate of drug-likeness (QED) is 0.0865. The number of imide groups is 2. The van der Waals surface area contributed by atoms with Crippen LogP contribution >= 0.6 is 0 Å². The predicted octanol–water partition coefficient (Wildman–Crippen LogP) is 16.3. The molecule has 0 atom stereocenters. The fraction of sp³-hybridized carbons (Fsp3) is 0.188. The molecule has 6 nitrogen and oxygen atoms in total. The lowest BCUT2D eigenvalue weighted by molar-refractivity contribution is 0.0877. The molecule has 0 aromatic heterocycles. The Kier molecular flexibility index (Phi) is 9.78. The molecule has 10 aromatic rings. The number of amides is 4. The molecule has 2 heterocycles. The summed E-state index contributed by atoms with van der Waals surface area (Å²) in [5, 5.41) is 8.56. The highest BCUT2D eigenvalue weighted by Gasteiger charge is 2.41. The van der Waals surface area contributed by atoms with Crippen molar-refractivity contribution < 1.29 is 19.2 Å². The number of anilines is 2. The molecule has 12 rings (SSSR count). The van der Waals surface area contributed by atoms with Gasteiger partial charge in [0.2, 0.25) is 0 Å². The van der Waals surface area contributed by atoms with Gasteiger partial charge in [0, 0.05) is 33.0 Å². The summed E-state index contributed by atoms with van der Waals surface area (Å²) in [5.41, 5.74) is 10.9. The minimum absolute atomic E-state index is 0.0701. The molecular formula is C64H52N2O4. The highest BCUT2D eigenvalue weighted by atomic mass is 16.2. The number of carbonyl (C=O) groups excluding carboxylic acids is 4. The number of fused-ring (bicyclic) bond motifs is 3. The van der Waals surface area contributed by atoms with Crippen LogP contribution in [0.25, 0.3) is 76.1 Å². The van der Waals surface area contributed by atoms with Crippen LogP contribution in [0.15, 0.2) is 146 Å². The lowest BCUT2D eigenvalue weighted by Crippen LogP contribution is -2.41. The Balaban J connectivity index is 1.22. The van der Waals surface area contributed by atoms with E-state index in [-0.39, 0.29) is 47.3 Å². The van der Waals surface area contributed by atoms with Crippen molar-refractivity contribution >= 4 is 88.9 Å². The van der Waals surface area contributed by atoms with Crippen molar-refractivity contribution in [1.82, 2.24) is 0 Å². The Morgan fingerprint density at radius 3 is 0.857 bits per heavy atom. The lowest BCUT2D eigenvalue weighted by Gasteiger charge is -2.33. The lowest BCUT2D eigenvalue weighted by atomic mass is 9.77. The number of rotatable bonds is 8. The van der Waals surface area contributed by atoms with Gasteiger partial charge in [0.05, 0.1) is 11.4 Å². The van der Waals surface area contributed by atoms with Crippen molar-refractivity contribution in [1.29, 1.82) is 0 Å². The number of nitrogens with zero attached hydrogens (tertiary/aromatic N) is 2. The van der Waals surface area contributed by atoms with Crippen molar-refractivity contribution in [2.24, 2.45) is 0 Å². The van der Waals surface area contributed by atoms with Crippen LogP contribution in [0.1, 0.15) is 143 Å². The van der Waals surface area contributed by atoms with E-state index in [1.165, 1.54) is 9.80 Å². The van der Waals surface area contributed by atoms with Crippen LogP contribution in [0.2, 0.25) is 0 Å². The normalized spacial score (nSPS) is 14.0. The summed E-state index contributed by atoms with van der Waals surface area (Å²) in [6.45, 7) is 16.8. The first kappa shape index (κ1) is 43.3. The molecule has 2 aliphatic heterocycles. The summed E-state index contributed by atoms with van der Waals surface area (Å²) in [4.78, 5) is 64.0. The smallest absolute Gasteiger partial charge is 0.266 e. The fourth-order valence-electron chi connectivity index (χ4n) is 12.0. The van der Waals surface area contributed by atoms with Crippen LogP contribution in [-0.4, -0.2) is 23.6 Å². The average molecular weight is 913 g/mol. The molecule has 0 fully saturated rings. The van der Waals surface area contributed by atoms with Crippen LogP contribution < -0.4 is 9.80 Å². The zero-order valence-corrected chi connectivity index (χ0v) is 40.7. The van der Waals surface area contributed by atoms with E-state index >= 15 is 19.2 Å². The van der Waals surface area contributed by atoms with Crippen LogP contribution in [0.5, 0.6) is 0 Å². The van der Waals surface area contributed by atoms with Gasteiger partial charge in [-0.25, -0.2) is 9.80 Å². The molecule has 0 N–H and O–H groups in total. The van der Waals surface area contributed by atoms with E-state index in [1.807, 2.05) is 97.1 Å². The van der Waals surface area contributed by atoms with Crippen LogP contribution in [0.4, 0.5) is 11.4 Å². The van der Waals surface area contributed by atoms with E-state index in [9.17, 15) is 0 Å². The number of para-hydroxylation sites is 2. The molecular weight excluding hydrogens is 861 g/mol. The van der Waals surface area contributed by atoms with Crippen molar-refractivity contribution in [2.45, 2.75) is 79.1 Å². The Hall–Kier alpha value is -7.96. The maximum Gasteiger partial charge on any atom is 0.266 e. The Morgan fingerprint density at radius 2 is 0.571 bits per heavy atom. The molecule has 0 unspecified atom stereocenters. The van der Waals surface area contributed by atoms with E-state index in [1.54, 1.807) is 0 Å². The third-order valence-electron chi connectivity index (χ3n) is 15.1. The van der Waals surface area contributed by atoms with Gasteiger partial charge in [-0.1, -0.05) is 177 Å². The second-order valence-electron chi connectivity index (χ2n) is 20.5. The van der Waals surface area contributed by atoms with Gasteiger partial charge in [0.1, 0.15) is 0 Å². The number of hydrogen-bond acceptors (Lipinski definition) is 4. The van der Waals surface area contributed by atoms with E-state index in [0.29, 0.717) is 44.4 Å². The third kappa shape index (κ3) is 5.92. The van der Waals surface area contributed by atoms with Crippen molar-refractivity contribution in [2.75, 3.05) is 9.80 Å². The minimum Gasteiger partial charge on any atom is -0.268 e. The summed E-state index contributed by atoms with van der Waals surface area (Å²) in [5.74, 6) is -1.06. The van der Waals surface area contributed by atoms with Crippen molar-refractivity contribution in [3.8, 4) is 22.3 Å². The molecule has 6 heteroatoms. The van der Waals surface area contributed by atoms with Gasteiger partial charge < -0.3 is 0 Å². The van der Waals surface area contributed by atoms with Crippen LogP contribution in [0.3, 0.4) is 0 Å². The van der Waals surface area contributed by atoms with Crippen molar-refractivity contribution in [3.63, 3.8) is 0 Å². The van der Waals surface area contributed by atoms with Gasteiger partial charge >= 0.3 is 0 Å². The summed E-state index contributed by atoms with van der Waals surface area (Å²) in [7, 11) is 0. The first-order valence-corrected chi connectivity index (χ1v) is 24.6. The zero-order chi connectivity index (χ0) is 48.6. The molecule has 4 amide bonds. The summed E-state index contributed by atoms with van der Waals surface area (Å²) in [6.07, 6.45) is 0. The molecule has 10 aromatic carbocycles. The predicted molar refractivity (Wildman–Crippen MR) is 288 cm³/mol. The topological polar surface area (TPSA) is 74.8 Å². The van der Waals surface area contributed by atoms with E-state index in [4.69, 9.17) is 0 Å². The van der Waals surface area contributed by atoms with Gasteiger partial charge in [0.25, 0.3) is 23.6 Å². The van der Waals surface area contributed by atoms with Gasteiger partial charge in [-0.2, -0.15) is 0 Å². The maximum absolute atomic E-state index is 15.3. The molecule has 2 aliphatic rings. The number of hydrogen-bond donors (Lipinski definition) is 0. The summed E-state index contributed by atoms with van der Waals surface area (Å²) >= 11 is 0. The Labute approximate surface area is 407 Å². The summed E-state index contributed by atoms with van der Waals surface area (Å²) in [6, 6.07) is 48.7. The molecule has 0 saturated carbocycles. The molecule has 0 radical (unpaired) electrons. The largest absolute Gasteiger partial charge is 0.268 e. The molecule has 342 valence electrons. The van der Waals surface area contributed by atoms with Gasteiger partial charge in [-0.15, -0.1) is 0 Å². The second kappa shape index (κ2) is 15.8. The monoisotopic (exact) mass is 912 g/mol. The molecule has 0 aliphatic carbocycles. The Morgan fingerprint density at radius 1 is 0.286 bits per heavy atom. The molecule has 0 saturated heterocycles. The fourth-order valence-corrected chi connectivity index (χ4v) is 12.0. The minimum atomic E-state index is -0.335. The molecule has 70 heavy (non-hydrogen) atoms. The summed E-state index contributed by atoms with van der Waals surface area (Å²) < 4.78 is 0. The number of benzene rings is 10. The van der Waals surface area contributed by atoms with Gasteiger partial charge in [0.15, 0.2) is 0 Å². The van der Waals surface area contributed by atoms with Crippen LogP contribution in [-0.2, 0) is 0 Å². The van der Waals surface area contributed by atoms with E-state index in [2.05, 4.69) is 104 Å². The van der Waals surface area contributed by atoms with Gasteiger partial charge in [-0.3, -0.25) is 19.2 Å². The zero-order valence-electron chi connectivity index (χ0n) is 40.7. The second-order valence-corrected chi connectivity index (χ2v) is 20.5. The van der Waals surface area contributed by atoms with E-state index < -0.39 is 0 Å².